The Bertz CT molecular complexity index is 306. The summed E-state index contributed by atoms with van der Waals surface area (Å²) >= 11 is 0. The maximum atomic E-state index is 6.02. The van der Waals surface area contributed by atoms with E-state index < -0.39 is 0 Å². The fourth-order valence-electron chi connectivity index (χ4n) is 1.57. The van der Waals surface area contributed by atoms with E-state index in [-0.39, 0.29) is 0 Å². The number of hydrogen-bond donors (Lipinski definition) is 1. The lowest BCUT2D eigenvalue weighted by Crippen LogP contribution is -2.32. The minimum absolute atomic E-state index is 0.295. The van der Waals surface area contributed by atoms with Gasteiger partial charge in [-0.25, -0.2) is 4.98 Å². The van der Waals surface area contributed by atoms with Crippen molar-refractivity contribution in [2.24, 2.45) is 18.7 Å². The maximum absolute atomic E-state index is 6.02. The molecule has 16 heavy (non-hydrogen) atoms. The van der Waals surface area contributed by atoms with Gasteiger partial charge in [0.15, 0.2) is 0 Å². The third kappa shape index (κ3) is 3.94. The van der Waals surface area contributed by atoms with E-state index >= 15 is 0 Å². The zero-order chi connectivity index (χ0) is 12.1. The molecule has 1 aromatic heterocycles. The second-order valence-corrected chi connectivity index (χ2v) is 4.89. The average molecular weight is 224 g/mol. The maximum Gasteiger partial charge on any atom is 0.122 e. The molecule has 0 amide bonds. The van der Waals surface area contributed by atoms with Crippen molar-refractivity contribution in [2.75, 3.05) is 13.6 Å². The van der Waals surface area contributed by atoms with E-state index in [9.17, 15) is 0 Å². The number of nitrogens with zero attached hydrogens (tertiary/aromatic N) is 3. The Balaban J connectivity index is 2.31. The van der Waals surface area contributed by atoms with Gasteiger partial charge in [0.2, 0.25) is 0 Å². The van der Waals surface area contributed by atoms with Gasteiger partial charge in [0.25, 0.3) is 0 Å². The summed E-state index contributed by atoms with van der Waals surface area (Å²) < 4.78 is 2.05. The van der Waals surface area contributed by atoms with Crippen LogP contribution in [0.1, 0.15) is 26.1 Å². The molecule has 1 unspecified atom stereocenters. The Labute approximate surface area is 98.5 Å². The second kappa shape index (κ2) is 6.01. The van der Waals surface area contributed by atoms with E-state index in [4.69, 9.17) is 5.73 Å². The summed E-state index contributed by atoms with van der Waals surface area (Å²) in [6.07, 6.45) is 4.85. The van der Waals surface area contributed by atoms with Crippen molar-refractivity contribution in [3.05, 3.63) is 18.2 Å². The first-order chi connectivity index (χ1) is 7.50. The van der Waals surface area contributed by atoms with E-state index in [2.05, 4.69) is 35.3 Å². The minimum atomic E-state index is 0.295. The summed E-state index contributed by atoms with van der Waals surface area (Å²) in [7, 11) is 4.14. The topological polar surface area (TPSA) is 47.1 Å². The Morgan fingerprint density at radius 1 is 1.50 bits per heavy atom. The van der Waals surface area contributed by atoms with E-state index in [1.54, 1.807) is 0 Å². The highest BCUT2D eigenvalue weighted by Crippen LogP contribution is 2.05. The van der Waals surface area contributed by atoms with Crippen LogP contribution in [0.3, 0.4) is 0 Å². The lowest BCUT2D eigenvalue weighted by molar-refractivity contribution is 0.287. The molecule has 1 atom stereocenters. The Kier molecular flexibility index (Phi) is 4.96. The first kappa shape index (κ1) is 13.2. The Morgan fingerprint density at radius 2 is 2.19 bits per heavy atom. The summed E-state index contributed by atoms with van der Waals surface area (Å²) in [6.45, 7) is 6.24. The smallest absolute Gasteiger partial charge is 0.122 e. The Morgan fingerprint density at radius 3 is 2.69 bits per heavy atom. The van der Waals surface area contributed by atoms with Crippen molar-refractivity contribution in [3.8, 4) is 0 Å². The molecule has 0 fully saturated rings. The van der Waals surface area contributed by atoms with Crippen LogP contribution in [0.4, 0.5) is 0 Å². The number of hydrogen-bond acceptors (Lipinski definition) is 3. The van der Waals surface area contributed by atoms with Crippen molar-refractivity contribution in [2.45, 2.75) is 32.9 Å². The van der Waals surface area contributed by atoms with Crippen molar-refractivity contribution in [1.29, 1.82) is 0 Å². The van der Waals surface area contributed by atoms with Crippen LogP contribution in [0.25, 0.3) is 0 Å². The zero-order valence-corrected chi connectivity index (χ0v) is 10.8. The Hall–Kier alpha value is -0.870. The third-order valence-electron chi connectivity index (χ3n) is 3.03. The fraction of sp³-hybridized carbons (Fsp3) is 0.750. The van der Waals surface area contributed by atoms with Gasteiger partial charge in [0.1, 0.15) is 5.82 Å². The van der Waals surface area contributed by atoms with Crippen LogP contribution in [0.5, 0.6) is 0 Å². The van der Waals surface area contributed by atoms with Crippen molar-refractivity contribution < 1.29 is 0 Å². The van der Waals surface area contributed by atoms with Crippen molar-refractivity contribution >= 4 is 0 Å². The van der Waals surface area contributed by atoms with Crippen LogP contribution in [0.2, 0.25) is 0 Å². The standard InChI is InChI=1S/C12H24N4/c1-10(2)11(13)5-7-15(3)9-12-14-6-8-16(12)4/h6,8,10-11H,5,7,9,13H2,1-4H3. The minimum Gasteiger partial charge on any atom is -0.337 e. The van der Waals surface area contributed by atoms with Crippen LogP contribution >= 0.6 is 0 Å². The highest BCUT2D eigenvalue weighted by Gasteiger charge is 2.10. The van der Waals surface area contributed by atoms with Crippen LogP contribution in [0, 0.1) is 5.92 Å². The molecule has 0 bridgehead atoms. The summed E-state index contributed by atoms with van der Waals surface area (Å²) in [4.78, 5) is 6.58. The number of rotatable bonds is 6. The van der Waals surface area contributed by atoms with Gasteiger partial charge in [0.05, 0.1) is 6.54 Å². The van der Waals surface area contributed by atoms with Crippen molar-refractivity contribution in [3.63, 3.8) is 0 Å². The van der Waals surface area contributed by atoms with E-state index in [0.29, 0.717) is 12.0 Å². The first-order valence-corrected chi connectivity index (χ1v) is 5.91. The van der Waals surface area contributed by atoms with Crippen LogP contribution in [-0.4, -0.2) is 34.1 Å². The molecular weight excluding hydrogens is 200 g/mol. The van der Waals surface area contributed by atoms with E-state index in [0.717, 1.165) is 25.3 Å². The van der Waals surface area contributed by atoms with Gasteiger partial charge in [-0.05, 0) is 25.9 Å². The predicted octanol–water partition coefficient (Wildman–Crippen LogP) is 1.23. The molecule has 4 nitrogen and oxygen atoms in total. The van der Waals surface area contributed by atoms with Gasteiger partial charge in [0, 0.05) is 25.5 Å². The molecule has 0 spiro atoms. The lowest BCUT2D eigenvalue weighted by Gasteiger charge is -2.21. The van der Waals surface area contributed by atoms with Gasteiger partial charge in [-0.3, -0.25) is 4.90 Å². The van der Waals surface area contributed by atoms with E-state index in [1.165, 1.54) is 0 Å². The van der Waals surface area contributed by atoms with Gasteiger partial charge < -0.3 is 10.3 Å². The number of nitrogens with two attached hydrogens (primary N) is 1. The first-order valence-electron chi connectivity index (χ1n) is 5.91. The molecule has 0 saturated carbocycles. The highest BCUT2D eigenvalue weighted by molar-refractivity contribution is 4.90. The molecule has 0 radical (unpaired) electrons. The van der Waals surface area contributed by atoms with Crippen molar-refractivity contribution in [1.82, 2.24) is 14.5 Å². The number of aryl methyl sites for hydroxylation is 1. The third-order valence-corrected chi connectivity index (χ3v) is 3.03. The van der Waals surface area contributed by atoms with Gasteiger partial charge >= 0.3 is 0 Å². The number of imidazole rings is 1. The predicted molar refractivity (Wildman–Crippen MR) is 67.0 cm³/mol. The largest absolute Gasteiger partial charge is 0.337 e. The quantitative estimate of drug-likeness (QED) is 0.790. The average Bonchev–Trinajstić information content (AvgIpc) is 2.60. The monoisotopic (exact) mass is 224 g/mol. The molecule has 0 aliphatic heterocycles. The molecule has 0 aliphatic rings. The van der Waals surface area contributed by atoms with Gasteiger partial charge in [-0.1, -0.05) is 13.8 Å². The van der Waals surface area contributed by atoms with Crippen LogP contribution < -0.4 is 5.73 Å². The molecule has 0 saturated heterocycles. The summed E-state index contributed by atoms with van der Waals surface area (Å²) in [5, 5.41) is 0. The SMILES string of the molecule is CC(C)C(N)CCN(C)Cc1nccn1C. The molecule has 0 aromatic carbocycles. The molecular formula is C12H24N4. The zero-order valence-electron chi connectivity index (χ0n) is 10.8. The highest BCUT2D eigenvalue weighted by atomic mass is 15.1. The second-order valence-electron chi connectivity index (χ2n) is 4.89. The summed E-state index contributed by atoms with van der Waals surface area (Å²) in [5.41, 5.74) is 6.02. The molecule has 2 N–H and O–H groups in total. The van der Waals surface area contributed by atoms with E-state index in [1.807, 2.05) is 19.4 Å². The molecule has 1 heterocycles. The van der Waals surface area contributed by atoms with Crippen LogP contribution in [-0.2, 0) is 13.6 Å². The molecule has 4 heteroatoms. The lowest BCUT2D eigenvalue weighted by atomic mass is 10.0. The normalized spacial score (nSPS) is 13.7. The summed E-state index contributed by atoms with van der Waals surface area (Å²) in [6, 6.07) is 0.295. The van der Waals surface area contributed by atoms with Gasteiger partial charge in [-0.15, -0.1) is 0 Å². The molecule has 1 rings (SSSR count). The van der Waals surface area contributed by atoms with Gasteiger partial charge in [-0.2, -0.15) is 0 Å². The molecule has 1 aromatic rings. The molecule has 92 valence electrons. The fourth-order valence-corrected chi connectivity index (χ4v) is 1.57. The van der Waals surface area contributed by atoms with Crippen LogP contribution in [0.15, 0.2) is 12.4 Å². The summed E-state index contributed by atoms with van der Waals surface area (Å²) in [5.74, 6) is 1.65. The molecule has 0 aliphatic carbocycles. The number of aromatic nitrogens is 2.